The van der Waals surface area contributed by atoms with E-state index in [4.69, 9.17) is 9.47 Å². The minimum atomic E-state index is -0.691. The molecule has 1 aliphatic heterocycles. The summed E-state index contributed by atoms with van der Waals surface area (Å²) >= 11 is 0. The molecule has 3 N–H and O–H groups in total. The van der Waals surface area contributed by atoms with Gasteiger partial charge in [-0.2, -0.15) is 0 Å². The molecule has 1 fully saturated rings. The van der Waals surface area contributed by atoms with E-state index in [1.165, 1.54) is 11.1 Å². The highest BCUT2D eigenvalue weighted by Gasteiger charge is 2.27. The van der Waals surface area contributed by atoms with Crippen LogP contribution in [0.1, 0.15) is 48.7 Å². The van der Waals surface area contributed by atoms with Gasteiger partial charge in [-0.05, 0) is 49.9 Å². The summed E-state index contributed by atoms with van der Waals surface area (Å²) < 4.78 is 11.4. The lowest BCUT2D eigenvalue weighted by molar-refractivity contribution is -0.0265. The molecule has 0 saturated carbocycles. The molecule has 31 heavy (non-hydrogen) atoms. The molecule has 1 heterocycles. The standard InChI is InChI=1S/C25H35N3O3/c1-4-26-25(28-17-23(29)20-7-5-9-22(15-20)30-3)27-16-21-8-6-14-31-24(21)19-12-10-18(2)11-13-19/h5,7,9-13,15,21,23-24,29H,4,6,8,14,16-17H2,1-3H3,(H2,26,27,28). The Morgan fingerprint density at radius 3 is 2.77 bits per heavy atom. The number of aryl methyl sites for hydroxylation is 1. The molecule has 6 heteroatoms. The van der Waals surface area contributed by atoms with Crippen molar-refractivity contribution in [3.63, 3.8) is 0 Å². The molecule has 0 spiro atoms. The maximum absolute atomic E-state index is 10.5. The summed E-state index contributed by atoms with van der Waals surface area (Å²) in [6.07, 6.45) is 1.57. The molecule has 3 atom stereocenters. The Balaban J connectivity index is 1.62. The van der Waals surface area contributed by atoms with Crippen LogP contribution < -0.4 is 15.4 Å². The molecule has 1 saturated heterocycles. The molecule has 168 valence electrons. The molecule has 3 unspecified atom stereocenters. The van der Waals surface area contributed by atoms with Crippen LogP contribution in [0.15, 0.2) is 53.5 Å². The second kappa shape index (κ2) is 11.7. The molecule has 0 amide bonds. The van der Waals surface area contributed by atoms with Crippen molar-refractivity contribution in [2.75, 3.05) is 33.4 Å². The third kappa shape index (κ3) is 6.71. The number of aliphatic hydroxyl groups excluding tert-OH is 1. The lowest BCUT2D eigenvalue weighted by Crippen LogP contribution is -2.42. The van der Waals surface area contributed by atoms with Crippen LogP contribution in [-0.2, 0) is 4.74 Å². The summed E-state index contributed by atoms with van der Waals surface area (Å²) in [6, 6.07) is 16.1. The average Bonchev–Trinajstić information content (AvgIpc) is 2.81. The first-order valence-electron chi connectivity index (χ1n) is 11.1. The summed E-state index contributed by atoms with van der Waals surface area (Å²) in [6.45, 7) is 6.72. The Bertz CT molecular complexity index is 838. The van der Waals surface area contributed by atoms with Crippen LogP contribution in [0.5, 0.6) is 5.75 Å². The average molecular weight is 426 g/mol. The Hall–Kier alpha value is -2.57. The molecule has 3 rings (SSSR count). The molecule has 1 aliphatic rings. The number of guanidine groups is 1. The minimum Gasteiger partial charge on any atom is -0.497 e. The van der Waals surface area contributed by atoms with Crippen molar-refractivity contribution in [2.24, 2.45) is 10.9 Å². The number of aliphatic imine (C=N–C) groups is 1. The van der Waals surface area contributed by atoms with Crippen molar-refractivity contribution in [1.82, 2.24) is 10.6 Å². The summed E-state index contributed by atoms with van der Waals surface area (Å²) in [4.78, 5) is 4.60. The summed E-state index contributed by atoms with van der Waals surface area (Å²) in [5, 5.41) is 17.3. The largest absolute Gasteiger partial charge is 0.497 e. The summed E-state index contributed by atoms with van der Waals surface area (Å²) in [5.74, 6) is 1.80. The van der Waals surface area contributed by atoms with Gasteiger partial charge in [0.05, 0.1) is 25.9 Å². The van der Waals surface area contributed by atoms with E-state index in [9.17, 15) is 5.11 Å². The number of aliphatic hydroxyl groups is 1. The number of nitrogens with zero attached hydrogens (tertiary/aromatic N) is 1. The fourth-order valence-corrected chi connectivity index (χ4v) is 3.88. The van der Waals surface area contributed by atoms with E-state index in [0.29, 0.717) is 11.9 Å². The molecule has 0 radical (unpaired) electrons. The quantitative estimate of drug-likeness (QED) is 0.444. The lowest BCUT2D eigenvalue weighted by atomic mass is 9.89. The SMILES string of the molecule is CCNC(=NCC(O)c1cccc(OC)c1)NCC1CCCOC1c1ccc(C)cc1. The zero-order chi connectivity index (χ0) is 22.1. The van der Waals surface area contributed by atoms with Gasteiger partial charge in [-0.1, -0.05) is 42.0 Å². The van der Waals surface area contributed by atoms with E-state index in [1.54, 1.807) is 7.11 Å². The molecule has 0 bridgehead atoms. The zero-order valence-electron chi connectivity index (χ0n) is 18.8. The number of rotatable bonds is 8. The van der Waals surface area contributed by atoms with Crippen LogP contribution in [0.4, 0.5) is 0 Å². The molecule has 6 nitrogen and oxygen atoms in total. The van der Waals surface area contributed by atoms with Crippen LogP contribution in [0, 0.1) is 12.8 Å². The second-order valence-corrected chi connectivity index (χ2v) is 8.00. The molecule has 0 aromatic heterocycles. The van der Waals surface area contributed by atoms with Gasteiger partial charge in [0.15, 0.2) is 5.96 Å². The van der Waals surface area contributed by atoms with Crippen molar-refractivity contribution < 1.29 is 14.6 Å². The van der Waals surface area contributed by atoms with Gasteiger partial charge in [0, 0.05) is 25.6 Å². The normalized spacial score (nSPS) is 20.2. The van der Waals surface area contributed by atoms with Crippen molar-refractivity contribution in [3.05, 3.63) is 65.2 Å². The third-order valence-electron chi connectivity index (χ3n) is 5.63. The molecule has 2 aromatic carbocycles. The van der Waals surface area contributed by atoms with Crippen LogP contribution in [0.3, 0.4) is 0 Å². The Labute approximate surface area is 185 Å². The summed E-state index contributed by atoms with van der Waals surface area (Å²) in [5.41, 5.74) is 3.27. The van der Waals surface area contributed by atoms with Crippen molar-refractivity contribution in [1.29, 1.82) is 0 Å². The number of ether oxygens (including phenoxy) is 2. The Kier molecular flexibility index (Phi) is 8.74. The van der Waals surface area contributed by atoms with Gasteiger partial charge in [0.1, 0.15) is 5.75 Å². The van der Waals surface area contributed by atoms with Gasteiger partial charge in [0.25, 0.3) is 0 Å². The van der Waals surface area contributed by atoms with Gasteiger partial charge in [0.2, 0.25) is 0 Å². The predicted molar refractivity (Wildman–Crippen MR) is 125 cm³/mol. The zero-order valence-corrected chi connectivity index (χ0v) is 18.8. The Morgan fingerprint density at radius 1 is 1.23 bits per heavy atom. The van der Waals surface area contributed by atoms with E-state index in [1.807, 2.05) is 31.2 Å². The first-order valence-corrected chi connectivity index (χ1v) is 11.1. The fourth-order valence-electron chi connectivity index (χ4n) is 3.88. The molecule has 0 aliphatic carbocycles. The highest BCUT2D eigenvalue weighted by Crippen LogP contribution is 2.33. The number of hydrogen-bond acceptors (Lipinski definition) is 4. The molecular weight excluding hydrogens is 390 g/mol. The van der Waals surface area contributed by atoms with E-state index in [-0.39, 0.29) is 12.6 Å². The second-order valence-electron chi connectivity index (χ2n) is 8.00. The fraction of sp³-hybridized carbons (Fsp3) is 0.480. The van der Waals surface area contributed by atoms with Gasteiger partial charge >= 0.3 is 0 Å². The van der Waals surface area contributed by atoms with Crippen LogP contribution >= 0.6 is 0 Å². The molecule has 2 aromatic rings. The van der Waals surface area contributed by atoms with Crippen molar-refractivity contribution in [3.8, 4) is 5.75 Å². The Morgan fingerprint density at radius 2 is 2.03 bits per heavy atom. The topological polar surface area (TPSA) is 75.1 Å². The highest BCUT2D eigenvalue weighted by atomic mass is 16.5. The first-order chi connectivity index (χ1) is 15.1. The third-order valence-corrected chi connectivity index (χ3v) is 5.63. The van der Waals surface area contributed by atoms with Gasteiger partial charge < -0.3 is 25.2 Å². The van der Waals surface area contributed by atoms with E-state index in [2.05, 4.69) is 46.8 Å². The monoisotopic (exact) mass is 425 g/mol. The number of benzene rings is 2. The molecular formula is C25H35N3O3. The van der Waals surface area contributed by atoms with E-state index >= 15 is 0 Å². The number of methoxy groups -OCH3 is 1. The number of nitrogens with one attached hydrogen (secondary N) is 2. The first kappa shape index (κ1) is 23.1. The maximum atomic E-state index is 10.5. The van der Waals surface area contributed by atoms with Crippen LogP contribution in [0.25, 0.3) is 0 Å². The van der Waals surface area contributed by atoms with E-state index < -0.39 is 6.10 Å². The highest BCUT2D eigenvalue weighted by molar-refractivity contribution is 5.79. The smallest absolute Gasteiger partial charge is 0.191 e. The predicted octanol–water partition coefficient (Wildman–Crippen LogP) is 3.76. The van der Waals surface area contributed by atoms with E-state index in [0.717, 1.165) is 43.9 Å². The van der Waals surface area contributed by atoms with Gasteiger partial charge in [-0.25, -0.2) is 0 Å². The van der Waals surface area contributed by atoms with Crippen LogP contribution in [0.2, 0.25) is 0 Å². The van der Waals surface area contributed by atoms with Crippen molar-refractivity contribution in [2.45, 2.75) is 38.9 Å². The van der Waals surface area contributed by atoms with Crippen molar-refractivity contribution >= 4 is 5.96 Å². The summed E-state index contributed by atoms with van der Waals surface area (Å²) in [7, 11) is 1.62. The minimum absolute atomic E-state index is 0.0899. The lowest BCUT2D eigenvalue weighted by Gasteiger charge is -2.32. The number of hydrogen-bond donors (Lipinski definition) is 3. The maximum Gasteiger partial charge on any atom is 0.191 e. The van der Waals surface area contributed by atoms with Gasteiger partial charge in [-0.3, -0.25) is 4.99 Å². The van der Waals surface area contributed by atoms with Crippen LogP contribution in [-0.4, -0.2) is 44.4 Å². The van der Waals surface area contributed by atoms with Gasteiger partial charge in [-0.15, -0.1) is 0 Å².